The lowest BCUT2D eigenvalue weighted by Crippen LogP contribution is -2.47. The Morgan fingerprint density at radius 1 is 1.38 bits per heavy atom. The molecule has 0 aliphatic carbocycles. The van der Waals surface area contributed by atoms with Crippen LogP contribution in [0.3, 0.4) is 0 Å². The van der Waals surface area contributed by atoms with E-state index in [0.29, 0.717) is 19.6 Å². The monoisotopic (exact) mass is 253 g/mol. The second kappa shape index (κ2) is 6.51. The van der Waals surface area contributed by atoms with Gasteiger partial charge in [-0.05, 0) is 27.2 Å². The van der Waals surface area contributed by atoms with Gasteiger partial charge in [-0.15, -0.1) is 0 Å². The Morgan fingerprint density at radius 2 is 1.94 bits per heavy atom. The van der Waals surface area contributed by atoms with Gasteiger partial charge in [0, 0.05) is 25.2 Å². The second-order valence-electron chi connectivity index (χ2n) is 4.75. The zero-order valence-electron chi connectivity index (χ0n) is 10.4. The van der Waals surface area contributed by atoms with Gasteiger partial charge in [-0.2, -0.15) is 13.1 Å². The van der Waals surface area contributed by atoms with E-state index in [1.807, 2.05) is 0 Å². The number of nitrogens with two attached hydrogens (primary N) is 1. The molecule has 0 radical (unpaired) electrons. The first kappa shape index (κ1) is 15.8. The van der Waals surface area contributed by atoms with Crippen molar-refractivity contribution in [2.24, 2.45) is 5.73 Å². The standard InChI is InChI=1S/C9H23N3O3S/c1-9(2,3)12-16(13,14)11-6-5-8(10)7-15-4/h8,11-12H,5-7,10H2,1-4H3. The maximum absolute atomic E-state index is 11.5. The fraction of sp³-hybridized carbons (Fsp3) is 1.00. The highest BCUT2D eigenvalue weighted by Gasteiger charge is 2.19. The normalized spacial score (nSPS) is 15.1. The molecule has 0 saturated heterocycles. The molecule has 7 heteroatoms. The van der Waals surface area contributed by atoms with Crippen LogP contribution in [0.5, 0.6) is 0 Å². The van der Waals surface area contributed by atoms with Gasteiger partial charge < -0.3 is 10.5 Å². The molecule has 0 aromatic rings. The van der Waals surface area contributed by atoms with Crippen molar-refractivity contribution >= 4 is 10.2 Å². The first-order valence-corrected chi connectivity index (χ1v) is 6.68. The number of hydrogen-bond donors (Lipinski definition) is 3. The van der Waals surface area contributed by atoms with Crippen LogP contribution in [0, 0.1) is 0 Å². The van der Waals surface area contributed by atoms with Crippen molar-refractivity contribution in [2.75, 3.05) is 20.3 Å². The number of methoxy groups -OCH3 is 1. The summed E-state index contributed by atoms with van der Waals surface area (Å²) in [5.41, 5.74) is 5.17. The predicted octanol–water partition coefficient (Wildman–Crippen LogP) is -0.427. The van der Waals surface area contributed by atoms with Crippen LogP contribution in [0.25, 0.3) is 0 Å². The fourth-order valence-electron chi connectivity index (χ4n) is 1.12. The maximum atomic E-state index is 11.5. The summed E-state index contributed by atoms with van der Waals surface area (Å²) in [6, 6.07) is -0.151. The predicted molar refractivity (Wildman–Crippen MR) is 64.3 cm³/mol. The van der Waals surface area contributed by atoms with Gasteiger partial charge in [-0.3, -0.25) is 0 Å². The minimum absolute atomic E-state index is 0.151. The first-order valence-electron chi connectivity index (χ1n) is 5.19. The Kier molecular flexibility index (Phi) is 6.42. The number of rotatable bonds is 7. The molecule has 0 spiro atoms. The second-order valence-corrected chi connectivity index (χ2v) is 6.25. The van der Waals surface area contributed by atoms with Crippen LogP contribution >= 0.6 is 0 Å². The van der Waals surface area contributed by atoms with Gasteiger partial charge in [0.2, 0.25) is 0 Å². The highest BCUT2D eigenvalue weighted by molar-refractivity contribution is 7.87. The van der Waals surface area contributed by atoms with Gasteiger partial charge in [0.05, 0.1) is 6.61 Å². The topological polar surface area (TPSA) is 93.4 Å². The number of nitrogens with one attached hydrogen (secondary N) is 2. The van der Waals surface area contributed by atoms with E-state index >= 15 is 0 Å². The lowest BCUT2D eigenvalue weighted by atomic mass is 10.1. The highest BCUT2D eigenvalue weighted by Crippen LogP contribution is 2.00. The Labute approximate surface area is 98.1 Å². The average Bonchev–Trinajstić information content (AvgIpc) is 1.98. The molecule has 0 aromatic heterocycles. The highest BCUT2D eigenvalue weighted by atomic mass is 32.2. The van der Waals surface area contributed by atoms with E-state index in [1.165, 1.54) is 0 Å². The molecule has 1 unspecified atom stereocenters. The van der Waals surface area contributed by atoms with Gasteiger partial charge >= 0.3 is 0 Å². The maximum Gasteiger partial charge on any atom is 0.277 e. The molecule has 0 heterocycles. The number of ether oxygens (including phenoxy) is 1. The molecule has 4 N–H and O–H groups in total. The summed E-state index contributed by atoms with van der Waals surface area (Å²) in [4.78, 5) is 0. The Bertz CT molecular complexity index is 285. The third kappa shape index (κ3) is 9.05. The molecule has 1 atom stereocenters. The van der Waals surface area contributed by atoms with E-state index in [2.05, 4.69) is 9.44 Å². The van der Waals surface area contributed by atoms with Crippen LogP contribution < -0.4 is 15.2 Å². The molecular formula is C9H23N3O3S. The molecule has 98 valence electrons. The summed E-state index contributed by atoms with van der Waals surface area (Å²) in [6.45, 7) is 6.07. The van der Waals surface area contributed by atoms with Crippen LogP contribution in [0.2, 0.25) is 0 Å². The molecule has 6 nitrogen and oxygen atoms in total. The van der Waals surface area contributed by atoms with E-state index in [1.54, 1.807) is 27.9 Å². The molecule has 0 amide bonds. The summed E-state index contributed by atoms with van der Waals surface area (Å²) in [7, 11) is -1.89. The molecule has 16 heavy (non-hydrogen) atoms. The quantitative estimate of drug-likeness (QED) is 0.574. The van der Waals surface area contributed by atoms with E-state index in [9.17, 15) is 8.42 Å². The van der Waals surface area contributed by atoms with E-state index in [0.717, 1.165) is 0 Å². The molecule has 0 aliphatic heterocycles. The smallest absolute Gasteiger partial charge is 0.277 e. The molecule has 0 bridgehead atoms. The van der Waals surface area contributed by atoms with E-state index < -0.39 is 15.7 Å². The van der Waals surface area contributed by atoms with Crippen LogP contribution in [0.15, 0.2) is 0 Å². The molecule has 0 saturated carbocycles. The van der Waals surface area contributed by atoms with Crippen LogP contribution in [0.4, 0.5) is 0 Å². The van der Waals surface area contributed by atoms with Crippen molar-refractivity contribution in [3.63, 3.8) is 0 Å². The van der Waals surface area contributed by atoms with Crippen molar-refractivity contribution in [1.29, 1.82) is 0 Å². The van der Waals surface area contributed by atoms with Crippen molar-refractivity contribution in [2.45, 2.75) is 38.8 Å². The molecular weight excluding hydrogens is 230 g/mol. The molecule has 0 aliphatic rings. The zero-order valence-corrected chi connectivity index (χ0v) is 11.2. The van der Waals surface area contributed by atoms with Crippen LogP contribution in [0.1, 0.15) is 27.2 Å². The SMILES string of the molecule is COCC(N)CCNS(=O)(=O)NC(C)(C)C. The lowest BCUT2D eigenvalue weighted by Gasteiger charge is -2.20. The number of hydrogen-bond acceptors (Lipinski definition) is 4. The summed E-state index contributed by atoms with van der Waals surface area (Å²) in [6.07, 6.45) is 0.541. The van der Waals surface area contributed by atoms with Crippen molar-refractivity contribution < 1.29 is 13.2 Å². The van der Waals surface area contributed by atoms with Crippen LogP contribution in [-0.4, -0.2) is 40.3 Å². The zero-order chi connectivity index (χ0) is 12.8. The third-order valence-corrected chi connectivity index (χ3v) is 3.09. The largest absolute Gasteiger partial charge is 0.383 e. The van der Waals surface area contributed by atoms with Crippen LogP contribution in [-0.2, 0) is 14.9 Å². The summed E-state index contributed by atoms with van der Waals surface area (Å²) in [5, 5.41) is 0. The minimum atomic E-state index is -3.45. The summed E-state index contributed by atoms with van der Waals surface area (Å²) < 4.78 is 32.8. The third-order valence-electron chi connectivity index (χ3n) is 1.63. The molecule has 0 fully saturated rings. The van der Waals surface area contributed by atoms with E-state index in [-0.39, 0.29) is 6.04 Å². The summed E-state index contributed by atoms with van der Waals surface area (Å²) >= 11 is 0. The van der Waals surface area contributed by atoms with Crippen molar-refractivity contribution in [3.05, 3.63) is 0 Å². The fourth-order valence-corrected chi connectivity index (χ4v) is 2.38. The lowest BCUT2D eigenvalue weighted by molar-refractivity contribution is 0.177. The van der Waals surface area contributed by atoms with Gasteiger partial charge in [0.15, 0.2) is 0 Å². The van der Waals surface area contributed by atoms with Gasteiger partial charge in [0.1, 0.15) is 0 Å². The first-order chi connectivity index (χ1) is 7.16. The average molecular weight is 253 g/mol. The van der Waals surface area contributed by atoms with E-state index in [4.69, 9.17) is 10.5 Å². The molecule has 0 aromatic carbocycles. The Balaban J connectivity index is 3.92. The van der Waals surface area contributed by atoms with Crippen molar-refractivity contribution in [3.8, 4) is 0 Å². The Morgan fingerprint density at radius 3 is 2.38 bits per heavy atom. The molecule has 0 rings (SSSR count). The summed E-state index contributed by atoms with van der Waals surface area (Å²) in [5.74, 6) is 0. The van der Waals surface area contributed by atoms with Gasteiger partial charge in [0.25, 0.3) is 10.2 Å². The van der Waals surface area contributed by atoms with Gasteiger partial charge in [-0.25, -0.2) is 4.72 Å². The van der Waals surface area contributed by atoms with Crippen molar-refractivity contribution in [1.82, 2.24) is 9.44 Å². The van der Waals surface area contributed by atoms with Gasteiger partial charge in [-0.1, -0.05) is 0 Å². The minimum Gasteiger partial charge on any atom is -0.383 e. The Hall–Kier alpha value is -0.210.